The molecule has 0 heterocycles. The third kappa shape index (κ3) is 8.89. The van der Waals surface area contributed by atoms with E-state index in [1.165, 1.54) is 50.2 Å². The molecule has 1 atom stereocenters. The van der Waals surface area contributed by atoms with Crippen LogP contribution in [0.1, 0.15) is 26.7 Å². The smallest absolute Gasteiger partial charge is 0.272 e. The maximum atomic E-state index is 13.7. The third-order valence-corrected chi connectivity index (χ3v) is 8.29. The van der Waals surface area contributed by atoms with E-state index in [-0.39, 0.29) is 11.6 Å². The summed E-state index contributed by atoms with van der Waals surface area (Å²) < 4.78 is 24.2. The van der Waals surface area contributed by atoms with Gasteiger partial charge in [0.1, 0.15) is 16.8 Å². The van der Waals surface area contributed by atoms with Crippen molar-refractivity contribution in [3.63, 3.8) is 0 Å². The molecule has 242 valence electrons. The number of anilines is 2. The van der Waals surface area contributed by atoms with Gasteiger partial charge in [0.15, 0.2) is 11.5 Å². The molecule has 0 aliphatic heterocycles. The van der Waals surface area contributed by atoms with E-state index in [4.69, 9.17) is 9.47 Å². The summed E-state index contributed by atoms with van der Waals surface area (Å²) in [6.07, 6.45) is 1.54. The SMILES string of the molecule is COc1ccc(/C=C(/NC(=O)c2ccccc2)C(=O)Nc2cccc(SC(C(=O)Nc3ccc(F)cc3)c3ccccc3)c2)cc1OC. The van der Waals surface area contributed by atoms with Crippen molar-refractivity contribution in [2.75, 3.05) is 24.9 Å². The van der Waals surface area contributed by atoms with E-state index in [1.807, 2.05) is 36.4 Å². The number of carbonyl (C=O) groups is 3. The van der Waals surface area contributed by atoms with E-state index in [9.17, 15) is 18.8 Å². The monoisotopic (exact) mass is 661 g/mol. The van der Waals surface area contributed by atoms with Crippen LogP contribution in [0, 0.1) is 5.82 Å². The lowest BCUT2D eigenvalue weighted by Gasteiger charge is -2.18. The van der Waals surface area contributed by atoms with Crippen molar-refractivity contribution in [1.29, 1.82) is 0 Å². The Balaban J connectivity index is 1.39. The molecule has 0 aliphatic rings. The van der Waals surface area contributed by atoms with Gasteiger partial charge in [0, 0.05) is 21.8 Å². The fourth-order valence-electron chi connectivity index (χ4n) is 4.68. The first-order valence-electron chi connectivity index (χ1n) is 14.8. The van der Waals surface area contributed by atoms with Crippen LogP contribution in [0.15, 0.2) is 138 Å². The first-order valence-corrected chi connectivity index (χ1v) is 15.7. The number of methoxy groups -OCH3 is 2. The summed E-state index contributed by atoms with van der Waals surface area (Å²) in [5.41, 5.74) is 2.65. The summed E-state index contributed by atoms with van der Waals surface area (Å²) in [5, 5.41) is 7.80. The van der Waals surface area contributed by atoms with Gasteiger partial charge in [-0.1, -0.05) is 60.7 Å². The van der Waals surface area contributed by atoms with Crippen LogP contribution in [0.5, 0.6) is 11.5 Å². The number of rotatable bonds is 12. The topological polar surface area (TPSA) is 106 Å². The highest BCUT2D eigenvalue weighted by Gasteiger charge is 2.23. The zero-order valence-corrected chi connectivity index (χ0v) is 26.9. The Hall–Kier alpha value is -5.87. The molecule has 0 saturated heterocycles. The first kappa shape index (κ1) is 33.5. The Kier molecular flexibility index (Phi) is 11.2. The molecule has 10 heteroatoms. The van der Waals surface area contributed by atoms with Crippen LogP contribution in [0.3, 0.4) is 0 Å². The zero-order chi connectivity index (χ0) is 33.9. The Morgan fingerprint density at radius 1 is 0.708 bits per heavy atom. The van der Waals surface area contributed by atoms with Crippen LogP contribution in [0.25, 0.3) is 6.08 Å². The van der Waals surface area contributed by atoms with E-state index in [2.05, 4.69) is 16.0 Å². The number of halogens is 1. The number of hydrogen-bond donors (Lipinski definition) is 3. The number of amides is 3. The van der Waals surface area contributed by atoms with Gasteiger partial charge in [-0.2, -0.15) is 0 Å². The van der Waals surface area contributed by atoms with Crippen LogP contribution in [0.2, 0.25) is 0 Å². The van der Waals surface area contributed by atoms with Gasteiger partial charge in [0.25, 0.3) is 11.8 Å². The van der Waals surface area contributed by atoms with E-state index in [0.29, 0.717) is 38.9 Å². The molecule has 0 fully saturated rings. The number of thioether (sulfide) groups is 1. The van der Waals surface area contributed by atoms with E-state index < -0.39 is 22.9 Å². The van der Waals surface area contributed by atoms with Crippen LogP contribution < -0.4 is 25.4 Å². The van der Waals surface area contributed by atoms with Crippen molar-refractivity contribution in [1.82, 2.24) is 5.32 Å². The van der Waals surface area contributed by atoms with Crippen LogP contribution in [0.4, 0.5) is 15.8 Å². The molecule has 0 aliphatic carbocycles. The predicted octanol–water partition coefficient (Wildman–Crippen LogP) is 7.72. The molecule has 48 heavy (non-hydrogen) atoms. The summed E-state index contributed by atoms with van der Waals surface area (Å²) in [6, 6.07) is 35.6. The van der Waals surface area contributed by atoms with E-state index >= 15 is 0 Å². The maximum Gasteiger partial charge on any atom is 0.272 e. The van der Waals surface area contributed by atoms with Gasteiger partial charge >= 0.3 is 0 Å². The fourth-order valence-corrected chi connectivity index (χ4v) is 5.76. The van der Waals surface area contributed by atoms with Gasteiger partial charge in [0.05, 0.1) is 14.2 Å². The van der Waals surface area contributed by atoms with Gasteiger partial charge < -0.3 is 25.4 Å². The van der Waals surface area contributed by atoms with Gasteiger partial charge in [-0.05, 0) is 83.9 Å². The van der Waals surface area contributed by atoms with Gasteiger partial charge in [-0.15, -0.1) is 11.8 Å². The lowest BCUT2D eigenvalue weighted by Crippen LogP contribution is -2.30. The van der Waals surface area contributed by atoms with Crippen LogP contribution in [-0.4, -0.2) is 31.9 Å². The molecule has 8 nitrogen and oxygen atoms in total. The molecule has 1 unspecified atom stereocenters. The highest BCUT2D eigenvalue weighted by molar-refractivity contribution is 8.00. The normalized spacial score (nSPS) is 11.6. The minimum Gasteiger partial charge on any atom is -0.493 e. The molecule has 3 N–H and O–H groups in total. The number of nitrogens with one attached hydrogen (secondary N) is 3. The Morgan fingerprint density at radius 2 is 1.40 bits per heavy atom. The quantitative estimate of drug-likeness (QED) is 0.0934. The van der Waals surface area contributed by atoms with Crippen molar-refractivity contribution in [2.24, 2.45) is 0 Å². The predicted molar refractivity (Wildman–Crippen MR) is 187 cm³/mol. The number of benzene rings is 5. The van der Waals surface area contributed by atoms with Crippen LogP contribution >= 0.6 is 11.8 Å². The average molecular weight is 662 g/mol. The molecular weight excluding hydrogens is 629 g/mol. The molecule has 5 aromatic carbocycles. The molecule has 0 saturated carbocycles. The highest BCUT2D eigenvalue weighted by atomic mass is 32.2. The number of hydrogen-bond acceptors (Lipinski definition) is 6. The Morgan fingerprint density at radius 3 is 2.08 bits per heavy atom. The summed E-state index contributed by atoms with van der Waals surface area (Å²) in [5.74, 6) is -0.743. The van der Waals surface area contributed by atoms with Gasteiger partial charge in [-0.3, -0.25) is 14.4 Å². The lowest BCUT2D eigenvalue weighted by molar-refractivity contribution is -0.116. The van der Waals surface area contributed by atoms with Crippen molar-refractivity contribution in [3.8, 4) is 11.5 Å². The molecule has 3 amide bonds. The Labute approximate surface area is 282 Å². The molecular formula is C38H32FN3O5S. The molecule has 5 rings (SSSR count). The van der Waals surface area contributed by atoms with Crippen LogP contribution in [-0.2, 0) is 9.59 Å². The molecule has 0 spiro atoms. The largest absolute Gasteiger partial charge is 0.493 e. The average Bonchev–Trinajstić information content (AvgIpc) is 3.12. The summed E-state index contributed by atoms with van der Waals surface area (Å²) >= 11 is 1.29. The number of carbonyl (C=O) groups excluding carboxylic acids is 3. The maximum absolute atomic E-state index is 13.7. The van der Waals surface area contributed by atoms with Gasteiger partial charge in [-0.25, -0.2) is 4.39 Å². The minimum absolute atomic E-state index is 0.00466. The summed E-state index contributed by atoms with van der Waals surface area (Å²) in [7, 11) is 3.04. The molecule has 0 radical (unpaired) electrons. The fraction of sp³-hybridized carbons (Fsp3) is 0.0789. The van der Waals surface area contributed by atoms with Gasteiger partial charge in [0.2, 0.25) is 5.91 Å². The second kappa shape index (κ2) is 16.1. The third-order valence-electron chi connectivity index (χ3n) is 7.05. The van der Waals surface area contributed by atoms with Crippen molar-refractivity contribution < 1.29 is 28.2 Å². The minimum atomic E-state index is -0.659. The molecule has 0 bridgehead atoms. The van der Waals surface area contributed by atoms with E-state index in [1.54, 1.807) is 72.8 Å². The zero-order valence-electron chi connectivity index (χ0n) is 26.1. The first-order chi connectivity index (χ1) is 23.3. The second-order valence-corrected chi connectivity index (χ2v) is 11.6. The van der Waals surface area contributed by atoms with Crippen molar-refractivity contribution >= 4 is 46.9 Å². The molecule has 5 aromatic rings. The molecule has 0 aromatic heterocycles. The van der Waals surface area contributed by atoms with Crippen molar-refractivity contribution in [3.05, 3.63) is 156 Å². The summed E-state index contributed by atoms with van der Waals surface area (Å²) in [6.45, 7) is 0. The Bertz CT molecular complexity index is 1920. The van der Waals surface area contributed by atoms with E-state index in [0.717, 1.165) is 5.56 Å². The number of ether oxygens (including phenoxy) is 2. The lowest BCUT2D eigenvalue weighted by atomic mass is 10.1. The second-order valence-electron chi connectivity index (χ2n) is 10.4. The standard InChI is InChI=1S/C38H32FN3O5S/c1-46-33-21-16-25(23-34(33)47-2)22-32(42-36(43)27-12-7-4-8-13-27)37(44)41-30-14-9-15-31(24-30)48-35(26-10-5-3-6-11-26)38(45)40-29-19-17-28(39)18-20-29/h3-24,35H,1-2H3,(H,40,45)(H,41,44)(H,42,43)/b32-22+. The van der Waals surface area contributed by atoms with Crippen molar-refractivity contribution in [2.45, 2.75) is 10.1 Å². The highest BCUT2D eigenvalue weighted by Crippen LogP contribution is 2.37. The summed E-state index contributed by atoms with van der Waals surface area (Å²) in [4.78, 5) is 41.0.